The summed E-state index contributed by atoms with van der Waals surface area (Å²) in [6, 6.07) is 0. The molecule has 2 nitrogen and oxygen atoms in total. The number of ether oxygens (including phenoxy) is 1. The Bertz CT molecular complexity index is 80.9. The highest BCUT2D eigenvalue weighted by atomic mass is 127. The van der Waals surface area contributed by atoms with E-state index in [-0.39, 0.29) is 9.89 Å². The molecule has 0 saturated carbocycles. The van der Waals surface area contributed by atoms with Crippen LogP contribution in [0, 0.1) is 0 Å². The minimum absolute atomic E-state index is 0.136. The van der Waals surface area contributed by atoms with Crippen LogP contribution in [0.3, 0.4) is 0 Å². The SMILES string of the molecule is O=C1COC1I. The molecule has 0 aromatic rings. The van der Waals surface area contributed by atoms with Gasteiger partial charge in [0.05, 0.1) is 0 Å². The third kappa shape index (κ3) is 0.562. The Morgan fingerprint density at radius 1 is 2.00 bits per heavy atom. The molecule has 0 radical (unpaired) electrons. The lowest BCUT2D eigenvalue weighted by Crippen LogP contribution is -2.34. The van der Waals surface area contributed by atoms with Crippen molar-refractivity contribution in [3.05, 3.63) is 0 Å². The van der Waals surface area contributed by atoms with Crippen LogP contribution in [0.4, 0.5) is 0 Å². The van der Waals surface area contributed by atoms with Crippen LogP contribution in [-0.4, -0.2) is 16.5 Å². The van der Waals surface area contributed by atoms with Gasteiger partial charge < -0.3 is 4.74 Å². The summed E-state index contributed by atoms with van der Waals surface area (Å²) in [5, 5.41) is 0. The van der Waals surface area contributed by atoms with Crippen LogP contribution in [0.5, 0.6) is 0 Å². The van der Waals surface area contributed by atoms with Gasteiger partial charge in [0.25, 0.3) is 0 Å². The first-order chi connectivity index (χ1) is 2.80. The summed E-state index contributed by atoms with van der Waals surface area (Å²) in [6.07, 6.45) is 0. The van der Waals surface area contributed by atoms with Crippen molar-refractivity contribution >= 4 is 28.4 Å². The maximum atomic E-state index is 10.1. The standard InChI is InChI=1S/C3H3IO2/c4-3-2(5)1-6-3/h3H,1H2. The van der Waals surface area contributed by atoms with Gasteiger partial charge in [-0.15, -0.1) is 0 Å². The molecule has 1 fully saturated rings. The van der Waals surface area contributed by atoms with Crippen LogP contribution < -0.4 is 0 Å². The Kier molecular flexibility index (Phi) is 1.10. The molecule has 0 aromatic carbocycles. The summed E-state index contributed by atoms with van der Waals surface area (Å²) in [4.78, 5) is 10.1. The summed E-state index contributed by atoms with van der Waals surface area (Å²) in [7, 11) is 0. The second-order valence-corrected chi connectivity index (χ2v) is 2.22. The molecule has 0 spiro atoms. The van der Waals surface area contributed by atoms with Crippen LogP contribution in [0.25, 0.3) is 0 Å². The van der Waals surface area contributed by atoms with Crippen LogP contribution in [-0.2, 0) is 9.53 Å². The largest absolute Gasteiger partial charge is 0.352 e. The molecule has 1 aliphatic heterocycles. The number of halogens is 1. The summed E-state index contributed by atoms with van der Waals surface area (Å²) < 4.78 is 4.54. The Morgan fingerprint density at radius 2 is 2.50 bits per heavy atom. The van der Waals surface area contributed by atoms with Gasteiger partial charge in [0.2, 0.25) is 0 Å². The number of ketones is 1. The average Bonchev–Trinajstić information content (AvgIpc) is 1.61. The van der Waals surface area contributed by atoms with Crippen LogP contribution in [0.2, 0.25) is 0 Å². The topological polar surface area (TPSA) is 26.3 Å². The zero-order chi connectivity index (χ0) is 4.57. The van der Waals surface area contributed by atoms with E-state index in [2.05, 4.69) is 4.74 Å². The number of Topliss-reactive ketones (excluding diaryl/α,β-unsaturated/α-hetero) is 1. The molecule has 1 heterocycles. The van der Waals surface area contributed by atoms with E-state index in [0.29, 0.717) is 6.61 Å². The maximum absolute atomic E-state index is 10.1. The highest BCUT2D eigenvalue weighted by molar-refractivity contribution is 14.1. The summed E-state index contributed by atoms with van der Waals surface area (Å²) >= 11 is 1.95. The monoisotopic (exact) mass is 198 g/mol. The maximum Gasteiger partial charge on any atom is 0.197 e. The number of carbonyl (C=O) groups excluding carboxylic acids is 1. The molecule has 1 unspecified atom stereocenters. The molecule has 6 heavy (non-hydrogen) atoms. The fourth-order valence-corrected chi connectivity index (χ4v) is 0.574. The van der Waals surface area contributed by atoms with Crippen molar-refractivity contribution in [2.75, 3.05) is 6.61 Å². The molecule has 34 valence electrons. The van der Waals surface area contributed by atoms with E-state index in [1.165, 1.54) is 0 Å². The van der Waals surface area contributed by atoms with Crippen LogP contribution >= 0.6 is 22.6 Å². The molecule has 0 amide bonds. The lowest BCUT2D eigenvalue weighted by atomic mass is 10.4. The van der Waals surface area contributed by atoms with Gasteiger partial charge in [-0.3, -0.25) is 4.79 Å². The average molecular weight is 198 g/mol. The van der Waals surface area contributed by atoms with Gasteiger partial charge >= 0.3 is 0 Å². The molecule has 1 saturated heterocycles. The molecule has 3 heteroatoms. The Morgan fingerprint density at radius 3 is 2.50 bits per heavy atom. The smallest absolute Gasteiger partial charge is 0.197 e. The van der Waals surface area contributed by atoms with E-state index in [1.807, 2.05) is 22.6 Å². The molecule has 0 aliphatic carbocycles. The predicted molar refractivity (Wildman–Crippen MR) is 28.8 cm³/mol. The third-order valence-corrected chi connectivity index (χ3v) is 1.68. The van der Waals surface area contributed by atoms with Crippen molar-refractivity contribution in [3.8, 4) is 0 Å². The molecule has 0 N–H and O–H groups in total. The highest BCUT2D eigenvalue weighted by Gasteiger charge is 2.25. The van der Waals surface area contributed by atoms with Gasteiger partial charge in [0, 0.05) is 0 Å². The van der Waals surface area contributed by atoms with E-state index in [9.17, 15) is 4.79 Å². The Balaban J connectivity index is 2.39. The lowest BCUT2D eigenvalue weighted by molar-refractivity contribution is -0.142. The van der Waals surface area contributed by atoms with E-state index in [0.717, 1.165) is 0 Å². The van der Waals surface area contributed by atoms with E-state index in [1.54, 1.807) is 0 Å². The van der Waals surface area contributed by atoms with Crippen molar-refractivity contribution in [1.82, 2.24) is 0 Å². The van der Waals surface area contributed by atoms with Gasteiger partial charge in [-0.25, -0.2) is 0 Å². The molecule has 0 aromatic heterocycles. The second-order valence-electron chi connectivity index (χ2n) is 1.09. The molecular formula is C3H3IO2. The van der Waals surface area contributed by atoms with Crippen molar-refractivity contribution < 1.29 is 9.53 Å². The van der Waals surface area contributed by atoms with Crippen molar-refractivity contribution in [3.63, 3.8) is 0 Å². The van der Waals surface area contributed by atoms with Gasteiger partial charge in [-0.1, -0.05) is 0 Å². The van der Waals surface area contributed by atoms with Crippen molar-refractivity contribution in [2.45, 2.75) is 4.11 Å². The summed E-state index contributed by atoms with van der Waals surface area (Å²) in [6.45, 7) is 0.327. The van der Waals surface area contributed by atoms with Crippen molar-refractivity contribution in [2.24, 2.45) is 0 Å². The zero-order valence-corrected chi connectivity index (χ0v) is 5.14. The number of hydrogen-bond acceptors (Lipinski definition) is 2. The van der Waals surface area contributed by atoms with Crippen LogP contribution in [0.1, 0.15) is 0 Å². The summed E-state index contributed by atoms with van der Waals surface area (Å²) in [5.41, 5.74) is 0. The van der Waals surface area contributed by atoms with Crippen molar-refractivity contribution in [1.29, 1.82) is 0 Å². The lowest BCUT2D eigenvalue weighted by Gasteiger charge is -2.17. The molecular weight excluding hydrogens is 195 g/mol. The third-order valence-electron chi connectivity index (χ3n) is 0.625. The highest BCUT2D eigenvalue weighted by Crippen LogP contribution is 2.12. The number of carbonyl (C=O) groups is 1. The zero-order valence-electron chi connectivity index (χ0n) is 2.98. The molecule has 0 bridgehead atoms. The van der Waals surface area contributed by atoms with Gasteiger partial charge in [0.15, 0.2) is 9.89 Å². The second kappa shape index (κ2) is 1.46. The van der Waals surface area contributed by atoms with Gasteiger partial charge in [-0.2, -0.15) is 0 Å². The quantitative estimate of drug-likeness (QED) is 0.414. The molecule has 1 rings (SSSR count). The van der Waals surface area contributed by atoms with E-state index >= 15 is 0 Å². The number of hydrogen-bond donors (Lipinski definition) is 0. The van der Waals surface area contributed by atoms with Gasteiger partial charge in [-0.05, 0) is 22.6 Å². The minimum Gasteiger partial charge on any atom is -0.352 e. The Hall–Kier alpha value is 0.360. The first-order valence-electron chi connectivity index (χ1n) is 1.59. The van der Waals surface area contributed by atoms with E-state index in [4.69, 9.17) is 0 Å². The normalized spacial score (nSPS) is 32.8. The number of alkyl halides is 1. The predicted octanol–water partition coefficient (Wildman–Crippen LogP) is 0.347. The summed E-state index contributed by atoms with van der Waals surface area (Å²) in [5.74, 6) is 0.204. The fraction of sp³-hybridized carbons (Fsp3) is 0.667. The fourth-order valence-electron chi connectivity index (χ4n) is 0.214. The van der Waals surface area contributed by atoms with E-state index < -0.39 is 0 Å². The van der Waals surface area contributed by atoms with Gasteiger partial charge in [0.1, 0.15) is 6.61 Å². The number of rotatable bonds is 0. The minimum atomic E-state index is -0.136. The first kappa shape index (κ1) is 4.52. The molecule has 1 aliphatic rings. The first-order valence-corrected chi connectivity index (χ1v) is 2.83. The Labute approximate surface area is 49.0 Å². The molecule has 1 atom stereocenters. The van der Waals surface area contributed by atoms with Crippen LogP contribution in [0.15, 0.2) is 0 Å².